The number of rotatable bonds is 6. The summed E-state index contributed by atoms with van der Waals surface area (Å²) in [4.78, 5) is 22.2. The number of aliphatic carboxylic acids is 1. The molecule has 1 aromatic heterocycles. The Bertz CT molecular complexity index is 453. The van der Waals surface area contributed by atoms with Gasteiger partial charge in [0.25, 0.3) is 5.91 Å². The van der Waals surface area contributed by atoms with Crippen LogP contribution in [0.4, 0.5) is 0 Å². The summed E-state index contributed by atoms with van der Waals surface area (Å²) < 4.78 is 1.13. The molecular weight excluding hydrogens is 236 g/mol. The molecule has 1 amide bonds. The summed E-state index contributed by atoms with van der Waals surface area (Å²) in [5.41, 5.74) is 0.152. The number of carbonyl (C=O) groups excluding carboxylic acids is 1. The maximum Gasteiger partial charge on any atom is 0.325 e. The van der Waals surface area contributed by atoms with Crippen LogP contribution in [0.15, 0.2) is 6.20 Å². The van der Waals surface area contributed by atoms with E-state index in [-0.39, 0.29) is 18.1 Å². The van der Waals surface area contributed by atoms with Gasteiger partial charge >= 0.3 is 5.97 Å². The number of carbonyl (C=O) groups is 2. The Labute approximate surface area is 104 Å². The van der Waals surface area contributed by atoms with Gasteiger partial charge in [0.1, 0.15) is 6.54 Å². The monoisotopic (exact) mass is 252 g/mol. The Morgan fingerprint density at radius 1 is 1.61 bits per heavy atom. The van der Waals surface area contributed by atoms with Crippen molar-refractivity contribution in [1.29, 1.82) is 0 Å². The molecule has 0 spiro atoms. The van der Waals surface area contributed by atoms with E-state index in [4.69, 9.17) is 5.11 Å². The first-order valence-electron chi connectivity index (χ1n) is 5.96. The van der Waals surface area contributed by atoms with Crippen LogP contribution in [0.3, 0.4) is 0 Å². The first kappa shape index (κ1) is 12.5. The van der Waals surface area contributed by atoms with E-state index in [1.165, 1.54) is 19.0 Å². The van der Waals surface area contributed by atoms with Gasteiger partial charge in [-0.25, -0.2) is 4.68 Å². The summed E-state index contributed by atoms with van der Waals surface area (Å²) >= 11 is 0. The highest BCUT2D eigenvalue weighted by molar-refractivity contribution is 5.91. The van der Waals surface area contributed by atoms with Crippen molar-refractivity contribution in [3.63, 3.8) is 0 Å². The van der Waals surface area contributed by atoms with E-state index in [2.05, 4.69) is 22.6 Å². The lowest BCUT2D eigenvalue weighted by molar-refractivity contribution is -0.137. The van der Waals surface area contributed by atoms with Gasteiger partial charge in [-0.15, -0.1) is 5.10 Å². The van der Waals surface area contributed by atoms with Crippen LogP contribution in [0.2, 0.25) is 0 Å². The van der Waals surface area contributed by atoms with Crippen LogP contribution in [0.25, 0.3) is 0 Å². The van der Waals surface area contributed by atoms with Gasteiger partial charge in [0, 0.05) is 6.54 Å². The molecule has 0 aromatic carbocycles. The lowest BCUT2D eigenvalue weighted by Crippen LogP contribution is -2.29. The highest BCUT2D eigenvalue weighted by Gasteiger charge is 2.28. The van der Waals surface area contributed by atoms with Crippen LogP contribution >= 0.6 is 0 Å². The second-order valence-corrected chi connectivity index (χ2v) is 4.72. The van der Waals surface area contributed by atoms with Gasteiger partial charge in [-0.05, 0) is 24.7 Å². The highest BCUT2D eigenvalue weighted by Crippen LogP contribution is 2.36. The molecular formula is C11H16N4O3. The standard InChI is InChI=1S/C11H16N4O3/c1-7(8-2-3-8)4-12-11(18)9-5-15(14-13-9)6-10(16)17/h5,7-8H,2-4,6H2,1H3,(H,12,18)(H,16,17). The number of amides is 1. The molecule has 1 fully saturated rings. The second-order valence-electron chi connectivity index (χ2n) is 4.72. The maximum atomic E-state index is 11.7. The number of hydrogen-bond acceptors (Lipinski definition) is 4. The Morgan fingerprint density at radius 2 is 2.33 bits per heavy atom. The van der Waals surface area contributed by atoms with Gasteiger partial charge in [0.2, 0.25) is 0 Å². The van der Waals surface area contributed by atoms with Gasteiger partial charge in [-0.1, -0.05) is 12.1 Å². The topological polar surface area (TPSA) is 97.1 Å². The summed E-state index contributed by atoms with van der Waals surface area (Å²) in [7, 11) is 0. The molecule has 7 nitrogen and oxygen atoms in total. The van der Waals surface area contributed by atoms with Gasteiger partial charge in [0.05, 0.1) is 6.20 Å². The van der Waals surface area contributed by atoms with Crippen LogP contribution in [-0.2, 0) is 11.3 Å². The normalized spacial score (nSPS) is 16.3. The van der Waals surface area contributed by atoms with Gasteiger partial charge < -0.3 is 10.4 Å². The Balaban J connectivity index is 1.84. The van der Waals surface area contributed by atoms with E-state index in [9.17, 15) is 9.59 Å². The van der Waals surface area contributed by atoms with Crippen molar-refractivity contribution in [3.8, 4) is 0 Å². The molecule has 7 heteroatoms. The number of aromatic nitrogens is 3. The Hall–Kier alpha value is -1.92. The molecule has 1 aliphatic carbocycles. The molecule has 0 aliphatic heterocycles. The van der Waals surface area contributed by atoms with Crippen molar-refractivity contribution >= 4 is 11.9 Å². The average molecular weight is 252 g/mol. The minimum Gasteiger partial charge on any atom is -0.480 e. The van der Waals surface area contributed by atoms with E-state index >= 15 is 0 Å². The molecule has 0 radical (unpaired) electrons. The van der Waals surface area contributed by atoms with Crippen LogP contribution < -0.4 is 5.32 Å². The minimum atomic E-state index is -1.02. The van der Waals surface area contributed by atoms with Crippen LogP contribution in [0.1, 0.15) is 30.3 Å². The maximum absolute atomic E-state index is 11.7. The quantitative estimate of drug-likeness (QED) is 0.750. The van der Waals surface area contributed by atoms with E-state index in [0.717, 1.165) is 10.6 Å². The van der Waals surface area contributed by atoms with E-state index in [1.807, 2.05) is 0 Å². The summed E-state index contributed by atoms with van der Waals surface area (Å²) in [5, 5.41) is 18.6. The molecule has 1 aromatic rings. The Kier molecular flexibility index (Phi) is 3.59. The van der Waals surface area contributed by atoms with Crippen molar-refractivity contribution in [2.24, 2.45) is 11.8 Å². The SMILES string of the molecule is CC(CNC(=O)c1cn(CC(=O)O)nn1)C1CC1. The van der Waals surface area contributed by atoms with Crippen molar-refractivity contribution in [2.45, 2.75) is 26.3 Å². The Morgan fingerprint density at radius 3 is 2.94 bits per heavy atom. The first-order valence-corrected chi connectivity index (χ1v) is 5.96. The lowest BCUT2D eigenvalue weighted by Gasteiger charge is -2.09. The fourth-order valence-corrected chi connectivity index (χ4v) is 1.79. The van der Waals surface area contributed by atoms with Crippen molar-refractivity contribution in [1.82, 2.24) is 20.3 Å². The van der Waals surface area contributed by atoms with Crippen molar-refractivity contribution in [2.75, 3.05) is 6.54 Å². The zero-order valence-electron chi connectivity index (χ0n) is 10.2. The third kappa shape index (κ3) is 3.28. The molecule has 1 aliphatic rings. The zero-order chi connectivity index (χ0) is 13.1. The second kappa shape index (κ2) is 5.16. The number of nitrogens with one attached hydrogen (secondary N) is 1. The fraction of sp³-hybridized carbons (Fsp3) is 0.636. The first-order chi connectivity index (χ1) is 8.56. The van der Waals surface area contributed by atoms with Crippen LogP contribution in [-0.4, -0.2) is 38.5 Å². The molecule has 0 bridgehead atoms. The summed E-state index contributed by atoms with van der Waals surface area (Å²) in [6.45, 7) is 2.44. The molecule has 1 atom stereocenters. The minimum absolute atomic E-state index is 0.152. The van der Waals surface area contributed by atoms with Gasteiger partial charge in [0.15, 0.2) is 5.69 Å². The van der Waals surface area contributed by atoms with E-state index in [0.29, 0.717) is 12.5 Å². The number of nitrogens with zero attached hydrogens (tertiary/aromatic N) is 3. The van der Waals surface area contributed by atoms with E-state index in [1.54, 1.807) is 0 Å². The van der Waals surface area contributed by atoms with Crippen LogP contribution in [0.5, 0.6) is 0 Å². The third-order valence-corrected chi connectivity index (χ3v) is 3.08. The average Bonchev–Trinajstić information content (AvgIpc) is 3.06. The molecule has 1 unspecified atom stereocenters. The summed E-state index contributed by atoms with van der Waals surface area (Å²) in [5.74, 6) is -0.121. The summed E-state index contributed by atoms with van der Waals surface area (Å²) in [6, 6.07) is 0. The summed E-state index contributed by atoms with van der Waals surface area (Å²) in [6.07, 6.45) is 3.82. The van der Waals surface area contributed by atoms with Gasteiger partial charge in [-0.2, -0.15) is 0 Å². The van der Waals surface area contributed by atoms with Gasteiger partial charge in [-0.3, -0.25) is 9.59 Å². The molecule has 1 heterocycles. The molecule has 2 rings (SSSR count). The largest absolute Gasteiger partial charge is 0.480 e. The molecule has 0 saturated heterocycles. The molecule has 18 heavy (non-hydrogen) atoms. The smallest absolute Gasteiger partial charge is 0.325 e. The molecule has 98 valence electrons. The van der Waals surface area contributed by atoms with Crippen LogP contribution in [0, 0.1) is 11.8 Å². The van der Waals surface area contributed by atoms with Crippen molar-refractivity contribution < 1.29 is 14.7 Å². The predicted molar refractivity (Wildman–Crippen MR) is 61.9 cm³/mol. The van der Waals surface area contributed by atoms with E-state index < -0.39 is 5.97 Å². The highest BCUT2D eigenvalue weighted by atomic mass is 16.4. The lowest BCUT2D eigenvalue weighted by atomic mass is 10.1. The van der Waals surface area contributed by atoms with Crippen molar-refractivity contribution in [3.05, 3.63) is 11.9 Å². The number of carboxylic acid groups (broad SMARTS) is 1. The third-order valence-electron chi connectivity index (χ3n) is 3.08. The predicted octanol–water partition coefficient (Wildman–Crippen LogP) is 0.139. The molecule has 2 N–H and O–H groups in total. The fourth-order valence-electron chi connectivity index (χ4n) is 1.79. The zero-order valence-corrected chi connectivity index (χ0v) is 10.2. The number of carboxylic acids is 1. The number of hydrogen-bond donors (Lipinski definition) is 2. The molecule has 1 saturated carbocycles.